The van der Waals surface area contributed by atoms with Gasteiger partial charge in [0.2, 0.25) is 0 Å². The maximum atomic E-state index is 10.6. The van der Waals surface area contributed by atoms with Crippen LogP contribution in [0.5, 0.6) is 0 Å². The first kappa shape index (κ1) is 14.8. The maximum absolute atomic E-state index is 10.6. The lowest BCUT2D eigenvalue weighted by Crippen LogP contribution is -2.07. The molecule has 0 radical (unpaired) electrons. The summed E-state index contributed by atoms with van der Waals surface area (Å²) in [6, 6.07) is 0. The van der Waals surface area contributed by atoms with Crippen LogP contribution in [0.2, 0.25) is 0 Å². The van der Waals surface area contributed by atoms with Gasteiger partial charge in [-0.15, -0.1) is 0 Å². The summed E-state index contributed by atoms with van der Waals surface area (Å²) in [6.45, 7) is 2.71. The minimum Gasteiger partial charge on any atom is -0.297 e. The zero-order valence-electron chi connectivity index (χ0n) is 9.54. The van der Waals surface area contributed by atoms with Crippen molar-refractivity contribution in [3.63, 3.8) is 0 Å². The average Bonchev–Trinajstić information content (AvgIpc) is 2.26. The number of unbranched alkanes of at least 4 members (excludes halogenated alkanes) is 6. The van der Waals surface area contributed by atoms with Gasteiger partial charge < -0.3 is 0 Å². The average molecular weight is 234 g/mol. The molecule has 0 aromatic heterocycles. The summed E-state index contributed by atoms with van der Waals surface area (Å²) in [5, 5.41) is 0. The van der Waals surface area contributed by atoms with Crippen LogP contribution in [0.3, 0.4) is 0 Å². The Balaban J connectivity index is 2.95. The number of carbonyl (C=O) groups excluding carboxylic acids is 1. The SMILES string of the molecule is CCCCCCCCCOOC(=O)CS. The van der Waals surface area contributed by atoms with E-state index in [1.54, 1.807) is 0 Å². The van der Waals surface area contributed by atoms with Crippen LogP contribution in [-0.4, -0.2) is 18.3 Å². The number of hydrogen-bond donors (Lipinski definition) is 1. The summed E-state index contributed by atoms with van der Waals surface area (Å²) in [4.78, 5) is 19.7. The highest BCUT2D eigenvalue weighted by Crippen LogP contribution is 2.06. The first-order chi connectivity index (χ1) is 7.31. The molecule has 0 aliphatic rings. The van der Waals surface area contributed by atoms with Gasteiger partial charge in [-0.05, 0) is 6.42 Å². The molecule has 3 nitrogen and oxygen atoms in total. The topological polar surface area (TPSA) is 35.5 Å². The highest BCUT2D eigenvalue weighted by atomic mass is 32.1. The van der Waals surface area contributed by atoms with Gasteiger partial charge in [0.1, 0.15) is 0 Å². The molecule has 15 heavy (non-hydrogen) atoms. The van der Waals surface area contributed by atoms with Gasteiger partial charge in [-0.1, -0.05) is 45.4 Å². The Morgan fingerprint density at radius 2 is 1.67 bits per heavy atom. The van der Waals surface area contributed by atoms with E-state index in [9.17, 15) is 4.79 Å². The first-order valence-electron chi connectivity index (χ1n) is 5.74. The lowest BCUT2D eigenvalue weighted by atomic mass is 10.1. The molecule has 0 aliphatic heterocycles. The molecule has 0 saturated heterocycles. The van der Waals surface area contributed by atoms with Crippen molar-refractivity contribution in [2.45, 2.75) is 51.9 Å². The summed E-state index contributed by atoms with van der Waals surface area (Å²) >= 11 is 3.75. The third-order valence-corrected chi connectivity index (χ3v) is 2.37. The second kappa shape index (κ2) is 11.9. The van der Waals surface area contributed by atoms with Crippen molar-refractivity contribution in [3.8, 4) is 0 Å². The molecule has 0 atom stereocenters. The van der Waals surface area contributed by atoms with Crippen LogP contribution in [-0.2, 0) is 14.6 Å². The normalized spacial score (nSPS) is 10.3. The minimum atomic E-state index is -0.429. The highest BCUT2D eigenvalue weighted by molar-refractivity contribution is 7.81. The largest absolute Gasteiger partial charge is 0.351 e. The van der Waals surface area contributed by atoms with Crippen molar-refractivity contribution in [1.82, 2.24) is 0 Å². The molecule has 90 valence electrons. The second-order valence-corrected chi connectivity index (χ2v) is 3.87. The second-order valence-electron chi connectivity index (χ2n) is 3.56. The molecule has 0 heterocycles. The zero-order valence-corrected chi connectivity index (χ0v) is 10.4. The van der Waals surface area contributed by atoms with Crippen LogP contribution < -0.4 is 0 Å². The van der Waals surface area contributed by atoms with Gasteiger partial charge in [-0.2, -0.15) is 17.5 Å². The van der Waals surface area contributed by atoms with Crippen LogP contribution in [0.1, 0.15) is 51.9 Å². The predicted molar refractivity (Wildman–Crippen MR) is 63.9 cm³/mol. The monoisotopic (exact) mass is 234 g/mol. The lowest BCUT2D eigenvalue weighted by molar-refractivity contribution is -0.270. The summed E-state index contributed by atoms with van der Waals surface area (Å²) in [7, 11) is 0. The number of rotatable bonds is 10. The van der Waals surface area contributed by atoms with E-state index in [4.69, 9.17) is 4.89 Å². The third-order valence-electron chi connectivity index (χ3n) is 2.11. The molecule has 0 unspecified atom stereocenters. The minimum absolute atomic E-state index is 0.0665. The van der Waals surface area contributed by atoms with E-state index in [-0.39, 0.29) is 5.75 Å². The molecule has 0 fully saturated rings. The van der Waals surface area contributed by atoms with E-state index in [1.165, 1.54) is 32.1 Å². The van der Waals surface area contributed by atoms with Crippen molar-refractivity contribution < 1.29 is 14.6 Å². The fourth-order valence-electron chi connectivity index (χ4n) is 1.25. The molecule has 0 aromatic rings. The Morgan fingerprint density at radius 1 is 1.07 bits per heavy atom. The number of hydrogen-bond acceptors (Lipinski definition) is 4. The van der Waals surface area contributed by atoms with Crippen molar-refractivity contribution >= 4 is 18.6 Å². The molecule has 0 spiro atoms. The Kier molecular flexibility index (Phi) is 11.7. The van der Waals surface area contributed by atoms with Crippen LogP contribution in [0.25, 0.3) is 0 Å². The Bertz CT molecular complexity index is 151. The molecular formula is C11H22O3S. The summed E-state index contributed by atoms with van der Waals surface area (Å²) in [5.41, 5.74) is 0. The van der Waals surface area contributed by atoms with Gasteiger partial charge >= 0.3 is 5.97 Å². The van der Waals surface area contributed by atoms with Crippen LogP contribution in [0.15, 0.2) is 0 Å². The molecule has 0 N–H and O–H groups in total. The van der Waals surface area contributed by atoms with Crippen LogP contribution in [0.4, 0.5) is 0 Å². The molecule has 0 saturated carbocycles. The van der Waals surface area contributed by atoms with Crippen molar-refractivity contribution in [3.05, 3.63) is 0 Å². The molecule has 0 aromatic carbocycles. The summed E-state index contributed by atoms with van der Waals surface area (Å²) in [6.07, 6.45) is 8.56. The lowest BCUT2D eigenvalue weighted by Gasteiger charge is -2.02. The smallest absolute Gasteiger partial charge is 0.297 e. The highest BCUT2D eigenvalue weighted by Gasteiger charge is 1.98. The van der Waals surface area contributed by atoms with Gasteiger partial charge in [-0.25, -0.2) is 4.79 Å². The van der Waals surface area contributed by atoms with E-state index >= 15 is 0 Å². The summed E-state index contributed by atoms with van der Waals surface area (Å²) < 4.78 is 0. The molecule has 0 rings (SSSR count). The van der Waals surface area contributed by atoms with Crippen molar-refractivity contribution in [2.75, 3.05) is 12.4 Å². The molecule has 0 bridgehead atoms. The molecule has 4 heteroatoms. The van der Waals surface area contributed by atoms with Gasteiger partial charge in [-0.3, -0.25) is 4.89 Å². The quantitative estimate of drug-likeness (QED) is 0.273. The molecule has 0 amide bonds. The van der Waals surface area contributed by atoms with E-state index in [1.807, 2.05) is 0 Å². The Morgan fingerprint density at radius 3 is 2.27 bits per heavy atom. The fourth-order valence-corrected chi connectivity index (χ4v) is 1.30. The first-order valence-corrected chi connectivity index (χ1v) is 6.37. The Labute approximate surface area is 97.9 Å². The molecule has 0 aliphatic carbocycles. The van der Waals surface area contributed by atoms with E-state index < -0.39 is 5.97 Å². The summed E-state index contributed by atoms with van der Waals surface area (Å²) in [5.74, 6) is -0.363. The van der Waals surface area contributed by atoms with Gasteiger partial charge in [0.15, 0.2) is 0 Å². The Hall–Kier alpha value is -0.220. The van der Waals surface area contributed by atoms with Crippen LogP contribution in [0, 0.1) is 0 Å². The predicted octanol–water partition coefficient (Wildman–Crippen LogP) is 3.14. The fraction of sp³-hybridized carbons (Fsp3) is 0.909. The van der Waals surface area contributed by atoms with Crippen molar-refractivity contribution in [2.24, 2.45) is 0 Å². The van der Waals surface area contributed by atoms with Crippen molar-refractivity contribution in [1.29, 1.82) is 0 Å². The van der Waals surface area contributed by atoms with Gasteiger partial charge in [0.25, 0.3) is 0 Å². The zero-order chi connectivity index (χ0) is 11.4. The van der Waals surface area contributed by atoms with Gasteiger partial charge in [0.05, 0.1) is 12.4 Å². The standard InChI is InChI=1S/C11H22O3S/c1-2-3-4-5-6-7-8-9-13-14-11(12)10-15/h15H,2-10H2,1H3. The van der Waals surface area contributed by atoms with Gasteiger partial charge in [0, 0.05) is 0 Å². The maximum Gasteiger partial charge on any atom is 0.351 e. The third kappa shape index (κ3) is 11.7. The molecular weight excluding hydrogens is 212 g/mol. The van der Waals surface area contributed by atoms with E-state index in [2.05, 4.69) is 24.4 Å². The van der Waals surface area contributed by atoms with E-state index in [0.29, 0.717) is 6.61 Å². The van der Waals surface area contributed by atoms with Crippen LogP contribution >= 0.6 is 12.6 Å². The number of carbonyl (C=O) groups is 1. The van der Waals surface area contributed by atoms with E-state index in [0.717, 1.165) is 12.8 Å². The number of thiol groups is 1.